The third-order valence-electron chi connectivity index (χ3n) is 0.387. The van der Waals surface area contributed by atoms with Crippen LogP contribution in [0.2, 0.25) is 0 Å². The molecule has 0 aromatic rings. The lowest BCUT2D eigenvalue weighted by Crippen LogP contribution is -2.26. The lowest BCUT2D eigenvalue weighted by molar-refractivity contribution is 0.324. The van der Waals surface area contributed by atoms with E-state index in [0.29, 0.717) is 0 Å². The summed E-state index contributed by atoms with van der Waals surface area (Å²) in [6.45, 7) is 3.82. The maximum absolute atomic E-state index is 2.92. The second-order valence-electron chi connectivity index (χ2n) is 1.31. The van der Waals surface area contributed by atoms with Crippen LogP contribution in [0.15, 0.2) is 0 Å². The molecule has 6 heavy (non-hydrogen) atoms. The van der Waals surface area contributed by atoms with E-state index in [1.165, 1.54) is 0 Å². The van der Waals surface area contributed by atoms with Crippen LogP contribution in [0.3, 0.4) is 0 Å². The van der Waals surface area contributed by atoms with Gasteiger partial charge in [-0.05, 0) is 6.92 Å². The zero-order chi connectivity index (χ0) is 4.99. The molecule has 0 aliphatic rings. The zero-order valence-corrected chi connectivity index (χ0v) is 4.52. The molecule has 0 spiro atoms. The van der Waals surface area contributed by atoms with Crippen LogP contribution in [0.5, 0.6) is 0 Å². The van der Waals surface area contributed by atoms with Gasteiger partial charge in [0.25, 0.3) is 0 Å². The molecule has 0 amide bonds. The highest BCUT2D eigenvalue weighted by atomic mass is 15.5. The van der Waals surface area contributed by atoms with Crippen molar-refractivity contribution in [3.05, 3.63) is 6.54 Å². The van der Waals surface area contributed by atoms with Gasteiger partial charge < -0.3 is 0 Å². The summed E-state index contributed by atoms with van der Waals surface area (Å²) in [4.78, 5) is 0. The first-order valence-electron chi connectivity index (χ1n) is 1.98. The number of hydrazine groups is 1. The molecule has 0 atom stereocenters. The van der Waals surface area contributed by atoms with E-state index < -0.39 is 0 Å². The normalized spacial score (nSPS) is 10.0. The van der Waals surface area contributed by atoms with Crippen molar-refractivity contribution in [2.75, 3.05) is 14.1 Å². The minimum absolute atomic E-state index is 1.88. The Morgan fingerprint density at radius 2 is 2.00 bits per heavy atom. The second kappa shape index (κ2) is 3.12. The highest BCUT2D eigenvalue weighted by Gasteiger charge is 1.76. The number of rotatable bonds is 2. The summed E-state index contributed by atoms with van der Waals surface area (Å²) in [6.07, 6.45) is 0. The van der Waals surface area contributed by atoms with Crippen LogP contribution < -0.4 is 5.43 Å². The Balaban J connectivity index is 2.63. The van der Waals surface area contributed by atoms with E-state index in [1.54, 1.807) is 0 Å². The lowest BCUT2D eigenvalue weighted by Gasteiger charge is -2.06. The van der Waals surface area contributed by atoms with Crippen LogP contribution in [0.25, 0.3) is 0 Å². The topological polar surface area (TPSA) is 15.3 Å². The van der Waals surface area contributed by atoms with Crippen molar-refractivity contribution >= 4 is 0 Å². The van der Waals surface area contributed by atoms with Gasteiger partial charge in [0.2, 0.25) is 0 Å². The Hall–Kier alpha value is -0.0800. The molecule has 0 saturated heterocycles. The van der Waals surface area contributed by atoms with E-state index in [1.807, 2.05) is 32.6 Å². The van der Waals surface area contributed by atoms with Crippen LogP contribution in [-0.2, 0) is 0 Å². The van der Waals surface area contributed by atoms with Crippen LogP contribution in [0.1, 0.15) is 6.92 Å². The Morgan fingerprint density at radius 3 is 2.00 bits per heavy atom. The van der Waals surface area contributed by atoms with Crippen molar-refractivity contribution in [1.82, 2.24) is 10.4 Å². The number of nitrogens with zero attached hydrogens (tertiary/aromatic N) is 1. The van der Waals surface area contributed by atoms with Gasteiger partial charge >= 0.3 is 0 Å². The van der Waals surface area contributed by atoms with Crippen molar-refractivity contribution in [2.45, 2.75) is 6.92 Å². The van der Waals surface area contributed by atoms with E-state index in [-0.39, 0.29) is 0 Å². The molecule has 0 saturated carbocycles. The van der Waals surface area contributed by atoms with Gasteiger partial charge in [-0.15, -0.1) is 0 Å². The molecule has 1 radical (unpaired) electrons. The lowest BCUT2D eigenvalue weighted by atomic mass is 10.8. The van der Waals surface area contributed by atoms with E-state index in [9.17, 15) is 0 Å². The average molecular weight is 87.1 g/mol. The third kappa shape index (κ3) is 3.92. The second-order valence-corrected chi connectivity index (χ2v) is 1.31. The fourth-order valence-corrected chi connectivity index (χ4v) is 0.258. The molecule has 0 aliphatic heterocycles. The molecule has 2 nitrogen and oxygen atoms in total. The zero-order valence-electron chi connectivity index (χ0n) is 4.52. The van der Waals surface area contributed by atoms with Crippen molar-refractivity contribution < 1.29 is 0 Å². The number of hydrogen-bond donors (Lipinski definition) is 1. The summed E-state index contributed by atoms with van der Waals surface area (Å²) in [5.41, 5.74) is 2.92. The molecule has 0 fully saturated rings. The fraction of sp³-hybridized carbons (Fsp3) is 0.750. The summed E-state index contributed by atoms with van der Waals surface area (Å²) in [6, 6.07) is 0. The summed E-state index contributed by atoms with van der Waals surface area (Å²) in [5.74, 6) is 0. The molecule has 0 rings (SSSR count). The van der Waals surface area contributed by atoms with Gasteiger partial charge in [0.1, 0.15) is 0 Å². The van der Waals surface area contributed by atoms with Crippen LogP contribution in [0.4, 0.5) is 0 Å². The monoisotopic (exact) mass is 87.1 g/mol. The van der Waals surface area contributed by atoms with Gasteiger partial charge in [-0.1, -0.05) is 0 Å². The first-order valence-corrected chi connectivity index (χ1v) is 1.98. The first-order chi connectivity index (χ1) is 2.77. The maximum Gasteiger partial charge on any atom is 0.0351 e. The number of nitrogens with one attached hydrogen (secondary N) is 1. The van der Waals surface area contributed by atoms with Crippen molar-refractivity contribution in [3.8, 4) is 0 Å². The smallest absolute Gasteiger partial charge is 0.0351 e. The van der Waals surface area contributed by atoms with E-state index >= 15 is 0 Å². The summed E-state index contributed by atoms with van der Waals surface area (Å²) in [7, 11) is 3.89. The molecule has 1 N–H and O–H groups in total. The van der Waals surface area contributed by atoms with E-state index in [0.717, 1.165) is 0 Å². The molecule has 0 unspecified atom stereocenters. The maximum atomic E-state index is 2.92. The van der Waals surface area contributed by atoms with Gasteiger partial charge in [0, 0.05) is 20.6 Å². The Labute approximate surface area is 39.1 Å². The van der Waals surface area contributed by atoms with Crippen molar-refractivity contribution in [1.29, 1.82) is 0 Å². The molecule has 0 aliphatic carbocycles. The van der Waals surface area contributed by atoms with Gasteiger partial charge in [0.15, 0.2) is 0 Å². The molecule has 0 aromatic heterocycles. The third-order valence-corrected chi connectivity index (χ3v) is 0.387. The van der Waals surface area contributed by atoms with Gasteiger partial charge in [-0.3, -0.25) is 10.4 Å². The molecule has 37 valence electrons. The quantitative estimate of drug-likeness (QED) is 0.485. The Kier molecular flexibility index (Phi) is 3.08. The molecule has 2 heteroatoms. The average Bonchev–Trinajstić information content (AvgIpc) is 1.35. The Bertz CT molecular complexity index is 26.7. The molecular weight excluding hydrogens is 76.1 g/mol. The van der Waals surface area contributed by atoms with Gasteiger partial charge in [0.05, 0.1) is 0 Å². The van der Waals surface area contributed by atoms with Crippen LogP contribution in [-0.4, -0.2) is 19.1 Å². The van der Waals surface area contributed by atoms with Gasteiger partial charge in [-0.25, -0.2) is 0 Å². The van der Waals surface area contributed by atoms with E-state index in [4.69, 9.17) is 0 Å². The molecule has 0 bridgehead atoms. The summed E-state index contributed by atoms with van der Waals surface area (Å²) >= 11 is 0. The summed E-state index contributed by atoms with van der Waals surface area (Å²) in [5, 5.41) is 1.88. The van der Waals surface area contributed by atoms with Gasteiger partial charge in [-0.2, -0.15) is 0 Å². The predicted octanol–water partition coefficient (Wildman–Crippen LogP) is 0.234. The SMILES string of the molecule is C[CH]NN(C)C. The highest BCUT2D eigenvalue weighted by Crippen LogP contribution is 1.63. The fourth-order valence-electron chi connectivity index (χ4n) is 0.258. The van der Waals surface area contributed by atoms with Crippen molar-refractivity contribution in [2.24, 2.45) is 0 Å². The summed E-state index contributed by atoms with van der Waals surface area (Å²) < 4.78 is 0. The molecular formula is C4H11N2. The van der Waals surface area contributed by atoms with E-state index in [2.05, 4.69) is 5.43 Å². The van der Waals surface area contributed by atoms with Crippen molar-refractivity contribution in [3.63, 3.8) is 0 Å². The van der Waals surface area contributed by atoms with Crippen LogP contribution in [0, 0.1) is 6.54 Å². The predicted molar refractivity (Wildman–Crippen MR) is 26.8 cm³/mol. The number of hydrogen-bond acceptors (Lipinski definition) is 2. The minimum atomic E-state index is 1.88. The standard InChI is InChI=1S/C4H11N2/c1-4-5-6(2)3/h4-5H,1-3H3. The molecule has 0 heterocycles. The first kappa shape index (κ1) is 5.92. The highest BCUT2D eigenvalue weighted by molar-refractivity contribution is 4.42. The largest absolute Gasteiger partial charge is 0.251 e. The Morgan fingerprint density at radius 1 is 1.50 bits per heavy atom. The van der Waals surface area contributed by atoms with Crippen LogP contribution >= 0.6 is 0 Å². The minimum Gasteiger partial charge on any atom is -0.251 e. The molecule has 0 aromatic carbocycles.